The molecule has 1 N–H and O–H groups in total. The summed E-state index contributed by atoms with van der Waals surface area (Å²) in [5, 5.41) is 5.78. The van der Waals surface area contributed by atoms with Gasteiger partial charge in [0.05, 0.1) is 26.0 Å². The number of hydrogen-bond acceptors (Lipinski definition) is 7. The Kier molecular flexibility index (Phi) is 8.37. The highest BCUT2D eigenvalue weighted by Crippen LogP contribution is 2.30. The number of rotatable bonds is 9. The lowest BCUT2D eigenvalue weighted by Crippen LogP contribution is -2.24. The van der Waals surface area contributed by atoms with Crippen LogP contribution in [0, 0.1) is 0 Å². The van der Waals surface area contributed by atoms with Gasteiger partial charge < -0.3 is 18.9 Å². The molecule has 0 aliphatic carbocycles. The van der Waals surface area contributed by atoms with Crippen LogP contribution < -0.4 is 24.4 Å². The average molecular weight is 563 g/mol. The summed E-state index contributed by atoms with van der Waals surface area (Å²) in [6.45, 7) is -0.213. The highest BCUT2D eigenvalue weighted by Gasteiger charge is 2.16. The number of nitrogens with one attached hydrogen (secondary N) is 1. The number of fused-ring (bicyclic) bond motifs is 1. The zero-order valence-corrected chi connectivity index (χ0v) is 21.7. The molecule has 37 heavy (non-hydrogen) atoms. The fraction of sp³-hybridized carbons (Fsp3) is 0.107. The van der Waals surface area contributed by atoms with Crippen molar-refractivity contribution < 1.29 is 28.5 Å². The van der Waals surface area contributed by atoms with Crippen LogP contribution in [0.3, 0.4) is 0 Å². The molecule has 0 spiro atoms. The number of methoxy groups -OCH3 is 2. The van der Waals surface area contributed by atoms with E-state index in [4.69, 9.17) is 18.9 Å². The maximum absolute atomic E-state index is 12.9. The van der Waals surface area contributed by atoms with E-state index in [1.807, 2.05) is 42.5 Å². The number of carbonyl (C=O) groups is 2. The SMILES string of the molecule is COc1ccc(C(=O)Oc2ccc3ccccc3c2/C=N\NC(=O)COc2ccc(Br)cc2)cc1OC. The van der Waals surface area contributed by atoms with Crippen LogP contribution >= 0.6 is 15.9 Å². The van der Waals surface area contributed by atoms with Crippen LogP contribution in [0.15, 0.2) is 88.4 Å². The lowest BCUT2D eigenvalue weighted by molar-refractivity contribution is -0.123. The Bertz CT molecular complexity index is 1450. The molecule has 9 heteroatoms. The first-order valence-corrected chi connectivity index (χ1v) is 11.9. The smallest absolute Gasteiger partial charge is 0.343 e. The first-order chi connectivity index (χ1) is 18.0. The van der Waals surface area contributed by atoms with E-state index in [0.717, 1.165) is 15.2 Å². The number of amides is 1. The maximum atomic E-state index is 12.9. The van der Waals surface area contributed by atoms with E-state index in [2.05, 4.69) is 26.5 Å². The standard InChI is InChI=1S/C28H23BrN2O6/c1-34-25-14-8-19(15-26(25)35-2)28(33)37-24-13-7-18-5-3-4-6-22(18)23(24)16-30-31-27(32)17-36-21-11-9-20(29)10-12-21/h3-16H,17H2,1-2H3,(H,31,32)/b30-16-. The number of nitrogens with zero attached hydrogens (tertiary/aromatic N) is 1. The molecular formula is C28H23BrN2O6. The van der Waals surface area contributed by atoms with Gasteiger partial charge in [0.1, 0.15) is 11.5 Å². The molecule has 0 bridgehead atoms. The van der Waals surface area contributed by atoms with Gasteiger partial charge >= 0.3 is 5.97 Å². The number of carbonyl (C=O) groups excluding carboxylic acids is 2. The molecule has 4 aromatic rings. The lowest BCUT2D eigenvalue weighted by Gasteiger charge is -2.12. The van der Waals surface area contributed by atoms with Gasteiger partial charge in [-0.2, -0.15) is 5.10 Å². The van der Waals surface area contributed by atoms with Crippen molar-refractivity contribution in [2.45, 2.75) is 0 Å². The number of ether oxygens (including phenoxy) is 4. The lowest BCUT2D eigenvalue weighted by atomic mass is 10.0. The van der Waals surface area contributed by atoms with Crippen molar-refractivity contribution in [1.82, 2.24) is 5.43 Å². The van der Waals surface area contributed by atoms with E-state index >= 15 is 0 Å². The maximum Gasteiger partial charge on any atom is 0.343 e. The molecule has 0 unspecified atom stereocenters. The molecule has 1 amide bonds. The predicted molar refractivity (Wildman–Crippen MR) is 144 cm³/mol. The number of hydrogen-bond donors (Lipinski definition) is 1. The molecule has 0 aliphatic rings. The third-order valence-electron chi connectivity index (χ3n) is 5.32. The molecule has 0 heterocycles. The minimum atomic E-state index is -0.585. The molecule has 0 fully saturated rings. The Morgan fingerprint density at radius 3 is 2.38 bits per heavy atom. The topological polar surface area (TPSA) is 95.5 Å². The van der Waals surface area contributed by atoms with Gasteiger partial charge in [-0.15, -0.1) is 0 Å². The van der Waals surface area contributed by atoms with Gasteiger partial charge in [-0.3, -0.25) is 4.79 Å². The highest BCUT2D eigenvalue weighted by molar-refractivity contribution is 9.10. The van der Waals surface area contributed by atoms with Crippen molar-refractivity contribution in [3.05, 3.63) is 94.5 Å². The quantitative estimate of drug-likeness (QED) is 0.127. The molecule has 0 aliphatic heterocycles. The van der Waals surface area contributed by atoms with Gasteiger partial charge in [0.15, 0.2) is 18.1 Å². The second kappa shape index (κ2) is 12.0. The van der Waals surface area contributed by atoms with Crippen LogP contribution in [0.5, 0.6) is 23.0 Å². The van der Waals surface area contributed by atoms with Crippen molar-refractivity contribution in [1.29, 1.82) is 0 Å². The number of hydrazone groups is 1. The molecule has 0 aromatic heterocycles. The Hall–Kier alpha value is -4.37. The van der Waals surface area contributed by atoms with Gasteiger partial charge in [-0.1, -0.05) is 46.3 Å². The van der Waals surface area contributed by atoms with Crippen LogP contribution in [0.4, 0.5) is 0 Å². The summed E-state index contributed by atoms with van der Waals surface area (Å²) in [6, 6.07) is 23.0. The van der Waals surface area contributed by atoms with E-state index in [1.54, 1.807) is 36.4 Å². The molecule has 0 saturated heterocycles. The third kappa shape index (κ3) is 6.45. The number of halogens is 1. The van der Waals surface area contributed by atoms with Crippen LogP contribution in [0.25, 0.3) is 10.8 Å². The molecule has 4 aromatic carbocycles. The minimum Gasteiger partial charge on any atom is -0.493 e. The zero-order valence-electron chi connectivity index (χ0n) is 20.1. The summed E-state index contributed by atoms with van der Waals surface area (Å²) in [7, 11) is 3.01. The first kappa shape index (κ1) is 25.7. The van der Waals surface area contributed by atoms with Crippen LogP contribution in [0.2, 0.25) is 0 Å². The Balaban J connectivity index is 1.52. The molecule has 4 rings (SSSR count). The van der Waals surface area contributed by atoms with E-state index in [0.29, 0.717) is 22.8 Å². The van der Waals surface area contributed by atoms with Crippen molar-refractivity contribution >= 4 is 44.8 Å². The fourth-order valence-electron chi connectivity index (χ4n) is 3.50. The summed E-state index contributed by atoms with van der Waals surface area (Å²) >= 11 is 3.35. The van der Waals surface area contributed by atoms with Crippen molar-refractivity contribution in [2.24, 2.45) is 5.10 Å². The minimum absolute atomic E-state index is 0.213. The third-order valence-corrected chi connectivity index (χ3v) is 5.85. The zero-order chi connectivity index (χ0) is 26.2. The number of esters is 1. The normalized spacial score (nSPS) is 10.8. The van der Waals surface area contributed by atoms with Crippen molar-refractivity contribution in [3.63, 3.8) is 0 Å². The summed E-state index contributed by atoms with van der Waals surface area (Å²) in [4.78, 5) is 25.2. The van der Waals surface area contributed by atoms with E-state index in [9.17, 15) is 9.59 Å². The molecular weight excluding hydrogens is 540 g/mol. The monoisotopic (exact) mass is 562 g/mol. The Labute approximate surface area is 221 Å². The molecule has 0 radical (unpaired) electrons. The van der Waals surface area contributed by atoms with Gasteiger partial charge in [-0.25, -0.2) is 10.2 Å². The Morgan fingerprint density at radius 2 is 1.62 bits per heavy atom. The van der Waals surface area contributed by atoms with E-state index < -0.39 is 11.9 Å². The largest absolute Gasteiger partial charge is 0.493 e. The summed E-state index contributed by atoms with van der Waals surface area (Å²) in [5.74, 6) is 0.715. The van der Waals surface area contributed by atoms with Gasteiger partial charge in [-0.05, 0) is 59.3 Å². The average Bonchev–Trinajstić information content (AvgIpc) is 2.93. The van der Waals surface area contributed by atoms with Crippen molar-refractivity contribution in [2.75, 3.05) is 20.8 Å². The van der Waals surface area contributed by atoms with E-state index in [1.165, 1.54) is 20.4 Å². The van der Waals surface area contributed by atoms with Crippen molar-refractivity contribution in [3.8, 4) is 23.0 Å². The molecule has 188 valence electrons. The molecule has 8 nitrogen and oxygen atoms in total. The summed E-state index contributed by atoms with van der Waals surface area (Å²) in [5.41, 5.74) is 3.26. The second-order valence-electron chi connectivity index (χ2n) is 7.69. The first-order valence-electron chi connectivity index (χ1n) is 11.1. The Morgan fingerprint density at radius 1 is 0.892 bits per heavy atom. The van der Waals surface area contributed by atoms with Gasteiger partial charge in [0.2, 0.25) is 0 Å². The predicted octanol–water partition coefficient (Wildman–Crippen LogP) is 5.37. The van der Waals surface area contributed by atoms with Gasteiger partial charge in [0, 0.05) is 10.0 Å². The van der Waals surface area contributed by atoms with E-state index in [-0.39, 0.29) is 17.9 Å². The highest BCUT2D eigenvalue weighted by atomic mass is 79.9. The number of benzene rings is 4. The summed E-state index contributed by atoms with van der Waals surface area (Å²) in [6.07, 6.45) is 1.44. The molecule has 0 saturated carbocycles. The summed E-state index contributed by atoms with van der Waals surface area (Å²) < 4.78 is 22.6. The molecule has 0 atom stereocenters. The second-order valence-corrected chi connectivity index (χ2v) is 8.61. The van der Waals surface area contributed by atoms with Crippen LogP contribution in [-0.2, 0) is 4.79 Å². The van der Waals surface area contributed by atoms with Crippen LogP contribution in [0.1, 0.15) is 15.9 Å². The fourth-order valence-corrected chi connectivity index (χ4v) is 3.76. The van der Waals surface area contributed by atoms with Gasteiger partial charge in [0.25, 0.3) is 5.91 Å². The van der Waals surface area contributed by atoms with Crippen LogP contribution in [-0.4, -0.2) is 38.9 Å².